The average molecular weight is 248 g/mol. The Hall–Kier alpha value is -1.49. The normalized spacial score (nSPS) is 20.5. The maximum atomic E-state index is 12.3. The smallest absolute Gasteiger partial charge is 0.240 e. The number of nitrogens with zero attached hydrogens (tertiary/aromatic N) is 3. The minimum absolute atomic E-state index is 0.0459. The fourth-order valence-corrected chi connectivity index (χ4v) is 2.27. The van der Waals surface area contributed by atoms with Gasteiger partial charge in [-0.15, -0.1) is 0 Å². The van der Waals surface area contributed by atoms with Crippen LogP contribution in [0.25, 0.3) is 0 Å². The summed E-state index contributed by atoms with van der Waals surface area (Å²) in [5.74, 6) is 0.181. The van der Waals surface area contributed by atoms with Crippen molar-refractivity contribution in [2.24, 2.45) is 0 Å². The first-order valence-electron chi connectivity index (χ1n) is 6.48. The van der Waals surface area contributed by atoms with Crippen molar-refractivity contribution in [1.29, 1.82) is 0 Å². The van der Waals surface area contributed by atoms with Gasteiger partial charge in [-0.3, -0.25) is 4.79 Å². The quantitative estimate of drug-likeness (QED) is 0.862. The van der Waals surface area contributed by atoms with Gasteiger partial charge >= 0.3 is 0 Å². The topological polar surface area (TPSA) is 58.1 Å². The van der Waals surface area contributed by atoms with Gasteiger partial charge < -0.3 is 10.2 Å². The van der Waals surface area contributed by atoms with Crippen molar-refractivity contribution in [1.82, 2.24) is 20.4 Å². The Labute approximate surface area is 108 Å². The van der Waals surface area contributed by atoms with E-state index in [1.165, 1.54) is 0 Å². The van der Waals surface area contributed by atoms with Crippen LogP contribution in [0, 0.1) is 0 Å². The van der Waals surface area contributed by atoms with E-state index in [4.69, 9.17) is 0 Å². The van der Waals surface area contributed by atoms with E-state index >= 15 is 0 Å². The number of piperidine rings is 1. The van der Waals surface area contributed by atoms with E-state index in [-0.39, 0.29) is 11.9 Å². The first-order chi connectivity index (χ1) is 8.66. The summed E-state index contributed by atoms with van der Waals surface area (Å²) < 4.78 is 0. The summed E-state index contributed by atoms with van der Waals surface area (Å²) in [6.45, 7) is 5.50. The third kappa shape index (κ3) is 3.26. The molecule has 2 rings (SSSR count). The van der Waals surface area contributed by atoms with Gasteiger partial charge in [-0.25, -0.2) is 0 Å². The molecule has 2 heterocycles. The Morgan fingerprint density at radius 3 is 3.06 bits per heavy atom. The van der Waals surface area contributed by atoms with Gasteiger partial charge in [0.2, 0.25) is 5.91 Å². The van der Waals surface area contributed by atoms with Crippen LogP contribution in [-0.2, 0) is 11.3 Å². The molecule has 0 aromatic carbocycles. The molecule has 1 saturated heterocycles. The maximum absolute atomic E-state index is 12.3. The molecule has 98 valence electrons. The van der Waals surface area contributed by atoms with Crippen LogP contribution in [0.2, 0.25) is 0 Å². The monoisotopic (exact) mass is 248 g/mol. The predicted molar refractivity (Wildman–Crippen MR) is 68.7 cm³/mol. The van der Waals surface area contributed by atoms with Crippen molar-refractivity contribution < 1.29 is 4.79 Å². The van der Waals surface area contributed by atoms with Crippen LogP contribution in [-0.4, -0.2) is 39.6 Å². The fourth-order valence-electron chi connectivity index (χ4n) is 2.27. The van der Waals surface area contributed by atoms with Crippen LogP contribution < -0.4 is 5.32 Å². The number of carbonyl (C=O) groups excluding carboxylic acids is 1. The Balaban J connectivity index is 1.98. The van der Waals surface area contributed by atoms with Gasteiger partial charge in [-0.1, -0.05) is 13.8 Å². The summed E-state index contributed by atoms with van der Waals surface area (Å²) in [6.07, 6.45) is 3.61. The molecule has 1 unspecified atom stereocenters. The number of aromatic nitrogens is 2. The summed E-state index contributed by atoms with van der Waals surface area (Å²) in [5.41, 5.74) is 0.844. The lowest BCUT2D eigenvalue weighted by Crippen LogP contribution is -2.52. The molecule has 5 nitrogen and oxygen atoms in total. The summed E-state index contributed by atoms with van der Waals surface area (Å²) >= 11 is 0. The summed E-state index contributed by atoms with van der Waals surface area (Å²) in [4.78, 5) is 14.1. The average Bonchev–Trinajstić information content (AvgIpc) is 2.35. The lowest BCUT2D eigenvalue weighted by molar-refractivity contribution is -0.136. The van der Waals surface area contributed by atoms with Crippen LogP contribution in [0.4, 0.5) is 0 Å². The second kappa shape index (κ2) is 5.91. The van der Waals surface area contributed by atoms with E-state index in [0.717, 1.165) is 25.1 Å². The first-order valence-corrected chi connectivity index (χ1v) is 6.48. The van der Waals surface area contributed by atoms with Crippen LogP contribution in [0.5, 0.6) is 0 Å². The van der Waals surface area contributed by atoms with Gasteiger partial charge in [0.1, 0.15) is 0 Å². The zero-order valence-electron chi connectivity index (χ0n) is 11.0. The lowest BCUT2D eigenvalue weighted by Gasteiger charge is -2.33. The summed E-state index contributed by atoms with van der Waals surface area (Å²) in [7, 11) is 0. The standard InChI is InChI=1S/C13H20N4O/c1-10(2)15-12-6-4-8-17(13(12)18)9-11-5-3-7-14-16-11/h3,5,7,10,12,15H,4,6,8-9H2,1-2H3. The highest BCUT2D eigenvalue weighted by atomic mass is 16.2. The van der Waals surface area contributed by atoms with E-state index in [1.807, 2.05) is 17.0 Å². The van der Waals surface area contributed by atoms with Crippen LogP contribution >= 0.6 is 0 Å². The Morgan fingerprint density at radius 1 is 1.56 bits per heavy atom. The summed E-state index contributed by atoms with van der Waals surface area (Å²) in [5, 5.41) is 11.2. The van der Waals surface area contributed by atoms with E-state index in [0.29, 0.717) is 12.6 Å². The minimum atomic E-state index is -0.0459. The molecule has 1 aliphatic heterocycles. The molecule has 0 spiro atoms. The molecule has 0 aliphatic carbocycles. The molecular weight excluding hydrogens is 228 g/mol. The maximum Gasteiger partial charge on any atom is 0.240 e. The van der Waals surface area contributed by atoms with Gasteiger partial charge in [0, 0.05) is 18.8 Å². The second-order valence-electron chi connectivity index (χ2n) is 4.99. The van der Waals surface area contributed by atoms with E-state index in [9.17, 15) is 4.79 Å². The molecular formula is C13H20N4O. The fraction of sp³-hybridized carbons (Fsp3) is 0.615. The zero-order valence-corrected chi connectivity index (χ0v) is 11.0. The highest BCUT2D eigenvalue weighted by Gasteiger charge is 2.28. The van der Waals surface area contributed by atoms with Gasteiger partial charge in [-0.05, 0) is 25.0 Å². The second-order valence-corrected chi connectivity index (χ2v) is 4.99. The minimum Gasteiger partial charge on any atom is -0.335 e. The van der Waals surface area contributed by atoms with Crippen LogP contribution in [0.1, 0.15) is 32.4 Å². The number of likely N-dealkylation sites (tertiary alicyclic amines) is 1. The molecule has 5 heteroatoms. The van der Waals surface area contributed by atoms with E-state index in [2.05, 4.69) is 29.4 Å². The van der Waals surface area contributed by atoms with Crippen LogP contribution in [0.3, 0.4) is 0 Å². The lowest BCUT2D eigenvalue weighted by atomic mass is 10.0. The Morgan fingerprint density at radius 2 is 2.39 bits per heavy atom. The number of carbonyl (C=O) groups is 1. The third-order valence-corrected chi connectivity index (χ3v) is 3.05. The van der Waals surface area contributed by atoms with Crippen molar-refractivity contribution >= 4 is 5.91 Å². The molecule has 0 radical (unpaired) electrons. The highest BCUT2D eigenvalue weighted by molar-refractivity contribution is 5.82. The van der Waals surface area contributed by atoms with Crippen molar-refractivity contribution in [3.05, 3.63) is 24.0 Å². The number of hydrogen-bond donors (Lipinski definition) is 1. The third-order valence-electron chi connectivity index (χ3n) is 3.05. The largest absolute Gasteiger partial charge is 0.335 e. The number of amides is 1. The van der Waals surface area contributed by atoms with Gasteiger partial charge in [-0.2, -0.15) is 10.2 Å². The molecule has 18 heavy (non-hydrogen) atoms. The van der Waals surface area contributed by atoms with Gasteiger partial charge in [0.15, 0.2) is 0 Å². The number of hydrogen-bond acceptors (Lipinski definition) is 4. The van der Waals surface area contributed by atoms with Gasteiger partial charge in [0.25, 0.3) is 0 Å². The van der Waals surface area contributed by atoms with Crippen molar-refractivity contribution in [3.8, 4) is 0 Å². The number of rotatable bonds is 4. The van der Waals surface area contributed by atoms with Crippen molar-refractivity contribution in [2.75, 3.05) is 6.54 Å². The number of nitrogens with one attached hydrogen (secondary N) is 1. The van der Waals surface area contributed by atoms with Crippen molar-refractivity contribution in [2.45, 2.75) is 45.3 Å². The molecule has 1 fully saturated rings. The van der Waals surface area contributed by atoms with Crippen molar-refractivity contribution in [3.63, 3.8) is 0 Å². The predicted octanol–water partition coefficient (Wildman–Crippen LogP) is 0.966. The molecule has 0 saturated carbocycles. The van der Waals surface area contributed by atoms with Gasteiger partial charge in [0.05, 0.1) is 18.3 Å². The Bertz CT molecular complexity index is 393. The molecule has 1 aromatic heterocycles. The van der Waals surface area contributed by atoms with Crippen LogP contribution in [0.15, 0.2) is 18.3 Å². The van der Waals surface area contributed by atoms with E-state index in [1.54, 1.807) is 6.20 Å². The van der Waals surface area contributed by atoms with E-state index < -0.39 is 0 Å². The highest BCUT2D eigenvalue weighted by Crippen LogP contribution is 2.14. The molecule has 1 N–H and O–H groups in total. The first kappa shape index (κ1) is 13.0. The molecule has 0 bridgehead atoms. The molecule has 1 aliphatic rings. The molecule has 1 atom stereocenters. The molecule has 1 amide bonds. The SMILES string of the molecule is CC(C)NC1CCCN(Cc2cccnn2)C1=O. The molecule has 1 aromatic rings. The zero-order chi connectivity index (χ0) is 13.0. The Kier molecular flexibility index (Phi) is 4.25. The summed E-state index contributed by atoms with van der Waals surface area (Å²) in [6, 6.07) is 4.03.